The number of rotatable bonds is 1. The minimum absolute atomic E-state index is 0.0798. The molecular formula is C12H15NO. The number of likely N-dealkylation sites (N-methyl/N-ethyl adjacent to an activating group) is 1. The summed E-state index contributed by atoms with van der Waals surface area (Å²) in [6.07, 6.45) is 0.890. The highest BCUT2D eigenvalue weighted by atomic mass is 16.2. The van der Waals surface area contributed by atoms with Gasteiger partial charge in [0, 0.05) is 12.7 Å². The fraction of sp³-hybridized carbons (Fsp3) is 0.417. The number of aryl methyl sites for hydroxylation is 1. The molecule has 0 fully saturated rings. The molecule has 0 radical (unpaired) electrons. The summed E-state index contributed by atoms with van der Waals surface area (Å²) in [6.45, 7) is 4.14. The van der Waals surface area contributed by atoms with E-state index in [1.807, 2.05) is 19.2 Å². The third-order valence-electron chi connectivity index (χ3n) is 3.05. The van der Waals surface area contributed by atoms with Crippen LogP contribution in [0.1, 0.15) is 30.4 Å². The van der Waals surface area contributed by atoms with E-state index in [0.29, 0.717) is 0 Å². The summed E-state index contributed by atoms with van der Waals surface area (Å²) < 4.78 is 0. The SMILES string of the molecule is CCC1C(=O)N(C)c2cccc(C)c21. The molecule has 1 atom stereocenters. The Bertz CT molecular complexity index is 384. The van der Waals surface area contributed by atoms with Gasteiger partial charge in [0.1, 0.15) is 0 Å². The average Bonchev–Trinajstić information content (AvgIpc) is 2.43. The van der Waals surface area contributed by atoms with Crippen LogP contribution in [0.3, 0.4) is 0 Å². The van der Waals surface area contributed by atoms with Crippen molar-refractivity contribution in [3.05, 3.63) is 29.3 Å². The maximum absolute atomic E-state index is 11.9. The summed E-state index contributed by atoms with van der Waals surface area (Å²) in [5.74, 6) is 0.313. The molecule has 0 N–H and O–H groups in total. The summed E-state index contributed by atoms with van der Waals surface area (Å²) >= 11 is 0. The van der Waals surface area contributed by atoms with Gasteiger partial charge in [-0.25, -0.2) is 0 Å². The Morgan fingerprint density at radius 2 is 2.14 bits per heavy atom. The Labute approximate surface area is 84.5 Å². The minimum Gasteiger partial charge on any atom is -0.315 e. The molecule has 0 aliphatic carbocycles. The quantitative estimate of drug-likeness (QED) is 0.664. The van der Waals surface area contributed by atoms with E-state index in [4.69, 9.17) is 0 Å². The van der Waals surface area contributed by atoms with Crippen LogP contribution in [0.5, 0.6) is 0 Å². The highest BCUT2D eigenvalue weighted by Gasteiger charge is 2.34. The van der Waals surface area contributed by atoms with Crippen LogP contribution in [0.25, 0.3) is 0 Å². The number of amides is 1. The number of carbonyl (C=O) groups is 1. The smallest absolute Gasteiger partial charge is 0.234 e. The molecular weight excluding hydrogens is 174 g/mol. The highest BCUT2D eigenvalue weighted by molar-refractivity contribution is 6.04. The van der Waals surface area contributed by atoms with E-state index >= 15 is 0 Å². The highest BCUT2D eigenvalue weighted by Crippen LogP contribution is 2.39. The van der Waals surface area contributed by atoms with Gasteiger partial charge in [0.2, 0.25) is 5.91 Å². The second kappa shape index (κ2) is 3.12. The van der Waals surface area contributed by atoms with Crippen molar-refractivity contribution in [2.45, 2.75) is 26.2 Å². The molecule has 0 bridgehead atoms. The number of benzene rings is 1. The van der Waals surface area contributed by atoms with Gasteiger partial charge in [0.25, 0.3) is 0 Å². The normalized spacial score (nSPS) is 20.1. The average molecular weight is 189 g/mol. The Kier molecular flexibility index (Phi) is 2.06. The summed E-state index contributed by atoms with van der Waals surface area (Å²) in [5.41, 5.74) is 3.54. The van der Waals surface area contributed by atoms with Crippen LogP contribution in [-0.2, 0) is 4.79 Å². The number of nitrogens with zero attached hydrogens (tertiary/aromatic N) is 1. The lowest BCUT2D eigenvalue weighted by atomic mass is 9.94. The lowest BCUT2D eigenvalue weighted by Crippen LogP contribution is -2.23. The fourth-order valence-electron chi connectivity index (χ4n) is 2.27. The third kappa shape index (κ3) is 1.07. The number of hydrogen-bond donors (Lipinski definition) is 0. The van der Waals surface area contributed by atoms with Crippen molar-refractivity contribution in [3.8, 4) is 0 Å². The van der Waals surface area contributed by atoms with Gasteiger partial charge in [-0.15, -0.1) is 0 Å². The second-order valence-corrected chi connectivity index (χ2v) is 3.87. The standard InChI is InChI=1S/C12H15NO/c1-4-9-11-8(2)6-5-7-10(11)13(3)12(9)14/h5-7,9H,4H2,1-3H3. The van der Waals surface area contributed by atoms with Gasteiger partial charge >= 0.3 is 0 Å². The molecule has 1 aliphatic heterocycles. The summed E-state index contributed by atoms with van der Waals surface area (Å²) in [7, 11) is 1.86. The summed E-state index contributed by atoms with van der Waals surface area (Å²) in [6, 6.07) is 6.11. The molecule has 1 heterocycles. The monoisotopic (exact) mass is 189 g/mol. The van der Waals surface area contributed by atoms with Crippen LogP contribution in [0.15, 0.2) is 18.2 Å². The van der Waals surface area contributed by atoms with Crippen LogP contribution >= 0.6 is 0 Å². The first-order valence-corrected chi connectivity index (χ1v) is 5.04. The molecule has 0 saturated heterocycles. The van der Waals surface area contributed by atoms with E-state index in [1.165, 1.54) is 11.1 Å². The molecule has 2 heteroatoms. The van der Waals surface area contributed by atoms with E-state index < -0.39 is 0 Å². The summed E-state index contributed by atoms with van der Waals surface area (Å²) in [5, 5.41) is 0. The topological polar surface area (TPSA) is 20.3 Å². The van der Waals surface area contributed by atoms with Crippen LogP contribution in [0, 0.1) is 6.92 Å². The molecule has 1 unspecified atom stereocenters. The van der Waals surface area contributed by atoms with Crippen molar-refractivity contribution < 1.29 is 4.79 Å². The predicted octanol–water partition coefficient (Wildman–Crippen LogP) is 2.47. The molecule has 2 rings (SSSR count). The Morgan fingerprint density at radius 1 is 1.43 bits per heavy atom. The Morgan fingerprint density at radius 3 is 2.79 bits per heavy atom. The van der Waals surface area contributed by atoms with Crippen molar-refractivity contribution in [2.24, 2.45) is 0 Å². The van der Waals surface area contributed by atoms with Gasteiger partial charge in [0.15, 0.2) is 0 Å². The largest absolute Gasteiger partial charge is 0.315 e. The van der Waals surface area contributed by atoms with Crippen molar-refractivity contribution in [1.29, 1.82) is 0 Å². The first-order chi connectivity index (χ1) is 6.66. The van der Waals surface area contributed by atoms with Crippen molar-refractivity contribution in [1.82, 2.24) is 0 Å². The van der Waals surface area contributed by atoms with Gasteiger partial charge in [-0.3, -0.25) is 4.79 Å². The first kappa shape index (κ1) is 9.25. The van der Waals surface area contributed by atoms with E-state index in [0.717, 1.165) is 12.1 Å². The zero-order valence-corrected chi connectivity index (χ0v) is 8.87. The number of anilines is 1. The molecule has 0 spiro atoms. The Balaban J connectivity index is 2.62. The molecule has 2 nitrogen and oxygen atoms in total. The van der Waals surface area contributed by atoms with Crippen LogP contribution in [0.4, 0.5) is 5.69 Å². The number of hydrogen-bond acceptors (Lipinski definition) is 1. The molecule has 1 aromatic carbocycles. The maximum atomic E-state index is 11.9. The second-order valence-electron chi connectivity index (χ2n) is 3.87. The van der Waals surface area contributed by atoms with Gasteiger partial charge in [-0.1, -0.05) is 19.1 Å². The van der Waals surface area contributed by atoms with Crippen LogP contribution in [0.2, 0.25) is 0 Å². The van der Waals surface area contributed by atoms with Gasteiger partial charge in [-0.2, -0.15) is 0 Å². The van der Waals surface area contributed by atoms with E-state index in [-0.39, 0.29) is 11.8 Å². The first-order valence-electron chi connectivity index (χ1n) is 5.04. The molecule has 1 aliphatic rings. The van der Waals surface area contributed by atoms with Crippen molar-refractivity contribution in [3.63, 3.8) is 0 Å². The lowest BCUT2D eigenvalue weighted by molar-refractivity contribution is -0.119. The van der Waals surface area contributed by atoms with E-state index in [1.54, 1.807) is 4.90 Å². The van der Waals surface area contributed by atoms with Crippen molar-refractivity contribution >= 4 is 11.6 Å². The minimum atomic E-state index is 0.0798. The zero-order chi connectivity index (χ0) is 10.3. The molecule has 1 aromatic rings. The predicted molar refractivity (Wildman–Crippen MR) is 57.6 cm³/mol. The van der Waals surface area contributed by atoms with Gasteiger partial charge in [0.05, 0.1) is 5.92 Å². The van der Waals surface area contributed by atoms with Crippen LogP contribution < -0.4 is 4.90 Å². The van der Waals surface area contributed by atoms with Crippen LogP contribution in [-0.4, -0.2) is 13.0 Å². The fourth-order valence-corrected chi connectivity index (χ4v) is 2.27. The third-order valence-corrected chi connectivity index (χ3v) is 3.05. The van der Waals surface area contributed by atoms with Gasteiger partial charge < -0.3 is 4.90 Å². The van der Waals surface area contributed by atoms with E-state index in [2.05, 4.69) is 19.9 Å². The molecule has 1 amide bonds. The van der Waals surface area contributed by atoms with E-state index in [9.17, 15) is 4.79 Å². The molecule has 14 heavy (non-hydrogen) atoms. The zero-order valence-electron chi connectivity index (χ0n) is 8.87. The summed E-state index contributed by atoms with van der Waals surface area (Å²) in [4.78, 5) is 13.6. The molecule has 0 aromatic heterocycles. The lowest BCUT2D eigenvalue weighted by Gasteiger charge is -2.09. The molecule has 0 saturated carbocycles. The molecule has 74 valence electrons. The number of fused-ring (bicyclic) bond motifs is 1. The van der Waals surface area contributed by atoms with Gasteiger partial charge in [-0.05, 0) is 30.5 Å². The Hall–Kier alpha value is -1.31. The maximum Gasteiger partial charge on any atom is 0.234 e. The van der Waals surface area contributed by atoms with Crippen molar-refractivity contribution in [2.75, 3.05) is 11.9 Å². The number of carbonyl (C=O) groups excluding carboxylic acids is 1.